The van der Waals surface area contributed by atoms with E-state index < -0.39 is 0 Å². The van der Waals surface area contributed by atoms with Gasteiger partial charge in [-0.05, 0) is 19.1 Å². The van der Waals surface area contributed by atoms with Crippen LogP contribution in [0.3, 0.4) is 0 Å². The van der Waals surface area contributed by atoms with Crippen LogP contribution >= 0.6 is 0 Å². The monoisotopic (exact) mass is 352 g/mol. The first-order valence-corrected chi connectivity index (χ1v) is 9.11. The molecule has 2 aromatic rings. The van der Waals surface area contributed by atoms with Crippen molar-refractivity contribution in [3.63, 3.8) is 0 Å². The zero-order valence-corrected chi connectivity index (χ0v) is 15.1. The fourth-order valence-electron chi connectivity index (χ4n) is 3.63. The molecule has 3 rings (SSSR count). The smallest absolute Gasteiger partial charge is 0.287 e. The Morgan fingerprint density at radius 3 is 2.23 bits per heavy atom. The van der Waals surface area contributed by atoms with Gasteiger partial charge in [-0.15, -0.1) is 0 Å². The van der Waals surface area contributed by atoms with Crippen LogP contribution in [0, 0.1) is 12.8 Å². The molecule has 5 nitrogen and oxygen atoms in total. The van der Waals surface area contributed by atoms with Crippen molar-refractivity contribution in [3.05, 3.63) is 65.7 Å². The van der Waals surface area contributed by atoms with Gasteiger partial charge in [0, 0.05) is 30.0 Å². The molecule has 1 saturated heterocycles. The number of benzene rings is 2. The number of carbonyl (C=O) groups excluding carboxylic acids is 2. The lowest BCUT2D eigenvalue weighted by Gasteiger charge is -2.33. The Bertz CT molecular complexity index is 751. The highest BCUT2D eigenvalue weighted by atomic mass is 16.2. The van der Waals surface area contributed by atoms with Crippen LogP contribution in [-0.4, -0.2) is 24.9 Å². The van der Waals surface area contributed by atoms with E-state index in [1.165, 1.54) is 4.90 Å². The first kappa shape index (κ1) is 18.1. The molecule has 0 bridgehead atoms. The van der Waals surface area contributed by atoms with Crippen LogP contribution < -0.4 is 16.0 Å². The number of likely N-dealkylation sites (tertiary alicyclic amines) is 1. The second-order valence-electron chi connectivity index (χ2n) is 7.03. The highest BCUT2D eigenvalue weighted by Gasteiger charge is 2.36. The van der Waals surface area contributed by atoms with E-state index in [1.807, 2.05) is 61.5 Å². The maximum absolute atomic E-state index is 13.1. The largest absolute Gasteiger partial charge is 0.369 e. The van der Waals surface area contributed by atoms with Crippen molar-refractivity contribution in [2.75, 3.05) is 18.4 Å². The zero-order valence-electron chi connectivity index (χ0n) is 15.1. The lowest BCUT2D eigenvalue weighted by atomic mass is 9.93. The molecule has 2 amide bonds. The number of nitrogens with two attached hydrogens (primary N) is 1. The number of hydrogen-bond donors (Lipinski definition) is 3. The summed E-state index contributed by atoms with van der Waals surface area (Å²) in [6.45, 7) is 3.54. The van der Waals surface area contributed by atoms with Crippen molar-refractivity contribution in [2.24, 2.45) is 11.7 Å². The third-order valence-corrected chi connectivity index (χ3v) is 5.15. The Labute approximate surface area is 154 Å². The average Bonchev–Trinajstić information content (AvgIpc) is 2.65. The molecule has 26 heavy (non-hydrogen) atoms. The number of hydrogen-bond acceptors (Lipinski definition) is 2. The zero-order chi connectivity index (χ0) is 18.5. The molecule has 1 atom stereocenters. The SMILES string of the molecule is Cc1ccc(NC(=O)[C@@H](c2ccccc2)[NH+]2CCC(C(N)=O)CC2)cc1. The van der Waals surface area contributed by atoms with Crippen molar-refractivity contribution in [3.8, 4) is 0 Å². The average molecular weight is 352 g/mol. The van der Waals surface area contributed by atoms with Gasteiger partial charge in [-0.1, -0.05) is 48.0 Å². The predicted molar refractivity (Wildman–Crippen MR) is 102 cm³/mol. The second-order valence-corrected chi connectivity index (χ2v) is 7.03. The quantitative estimate of drug-likeness (QED) is 0.762. The maximum atomic E-state index is 13.1. The minimum atomic E-state index is -0.300. The van der Waals surface area contributed by atoms with Crippen molar-refractivity contribution >= 4 is 17.5 Å². The molecule has 136 valence electrons. The van der Waals surface area contributed by atoms with E-state index in [4.69, 9.17) is 5.73 Å². The molecular weight excluding hydrogens is 326 g/mol. The molecule has 1 heterocycles. The number of amides is 2. The van der Waals surface area contributed by atoms with Gasteiger partial charge in [-0.25, -0.2) is 0 Å². The predicted octanol–water partition coefficient (Wildman–Crippen LogP) is 1.46. The molecule has 1 fully saturated rings. The summed E-state index contributed by atoms with van der Waals surface area (Å²) >= 11 is 0. The molecule has 1 aliphatic heterocycles. The number of carbonyl (C=O) groups is 2. The maximum Gasteiger partial charge on any atom is 0.287 e. The second kappa shape index (κ2) is 8.15. The third kappa shape index (κ3) is 4.29. The Morgan fingerprint density at radius 1 is 1.04 bits per heavy atom. The van der Waals surface area contributed by atoms with Gasteiger partial charge >= 0.3 is 0 Å². The molecular formula is C21H26N3O2+. The van der Waals surface area contributed by atoms with Gasteiger partial charge in [0.15, 0.2) is 6.04 Å². The number of anilines is 1. The molecule has 0 aromatic heterocycles. The highest BCUT2D eigenvalue weighted by Crippen LogP contribution is 2.17. The van der Waals surface area contributed by atoms with Crippen LogP contribution in [0.4, 0.5) is 5.69 Å². The standard InChI is InChI=1S/C21H25N3O2/c1-15-7-9-18(10-8-15)23-21(26)19(16-5-3-2-4-6-16)24-13-11-17(12-14-24)20(22)25/h2-10,17,19H,11-14H2,1H3,(H2,22,25)(H,23,26)/p+1/t19-/m1/s1. The Hall–Kier alpha value is -2.66. The number of piperidine rings is 1. The fourth-order valence-corrected chi connectivity index (χ4v) is 3.63. The van der Waals surface area contributed by atoms with Gasteiger partial charge < -0.3 is 16.0 Å². The number of aryl methyl sites for hydroxylation is 1. The molecule has 0 aliphatic carbocycles. The third-order valence-electron chi connectivity index (χ3n) is 5.15. The van der Waals surface area contributed by atoms with Crippen molar-refractivity contribution in [1.29, 1.82) is 0 Å². The van der Waals surface area contributed by atoms with Gasteiger partial charge in [0.1, 0.15) is 0 Å². The first-order chi connectivity index (χ1) is 12.5. The first-order valence-electron chi connectivity index (χ1n) is 9.11. The van der Waals surface area contributed by atoms with E-state index in [-0.39, 0.29) is 23.8 Å². The number of primary amides is 1. The van der Waals surface area contributed by atoms with Crippen LogP contribution in [0.15, 0.2) is 54.6 Å². The molecule has 0 radical (unpaired) electrons. The van der Waals surface area contributed by atoms with Crippen LogP contribution in [0.2, 0.25) is 0 Å². The van der Waals surface area contributed by atoms with Crippen LogP contribution in [0.5, 0.6) is 0 Å². The van der Waals surface area contributed by atoms with Gasteiger partial charge in [-0.3, -0.25) is 9.59 Å². The molecule has 0 saturated carbocycles. The minimum Gasteiger partial charge on any atom is -0.369 e. The van der Waals surface area contributed by atoms with Crippen LogP contribution in [-0.2, 0) is 9.59 Å². The van der Waals surface area contributed by atoms with Gasteiger partial charge in [0.2, 0.25) is 5.91 Å². The lowest BCUT2D eigenvalue weighted by Crippen LogP contribution is -3.14. The van der Waals surface area contributed by atoms with Crippen LogP contribution in [0.1, 0.15) is 30.0 Å². The van der Waals surface area contributed by atoms with E-state index in [9.17, 15) is 9.59 Å². The molecule has 4 N–H and O–H groups in total. The van der Waals surface area contributed by atoms with E-state index in [2.05, 4.69) is 5.32 Å². The number of nitrogens with one attached hydrogen (secondary N) is 2. The molecule has 1 aliphatic rings. The van der Waals surface area contributed by atoms with Crippen molar-refractivity contribution in [1.82, 2.24) is 0 Å². The van der Waals surface area contributed by atoms with Gasteiger partial charge in [0.25, 0.3) is 5.91 Å². The molecule has 0 spiro atoms. The summed E-state index contributed by atoms with van der Waals surface area (Å²) in [5.41, 5.74) is 8.39. The number of quaternary nitrogens is 1. The summed E-state index contributed by atoms with van der Waals surface area (Å²) in [6, 6.07) is 17.4. The summed E-state index contributed by atoms with van der Waals surface area (Å²) in [7, 11) is 0. The summed E-state index contributed by atoms with van der Waals surface area (Å²) in [6.07, 6.45) is 1.46. The molecule has 0 unspecified atom stereocenters. The van der Waals surface area contributed by atoms with Crippen molar-refractivity contribution < 1.29 is 14.5 Å². The van der Waals surface area contributed by atoms with E-state index >= 15 is 0 Å². The van der Waals surface area contributed by atoms with E-state index in [1.54, 1.807) is 0 Å². The molecule has 5 heteroatoms. The van der Waals surface area contributed by atoms with Gasteiger partial charge in [0.05, 0.1) is 13.1 Å². The van der Waals surface area contributed by atoms with E-state index in [0.29, 0.717) is 0 Å². The summed E-state index contributed by atoms with van der Waals surface area (Å²) in [5.74, 6) is -0.327. The normalized spacial score (nSPS) is 21.0. The summed E-state index contributed by atoms with van der Waals surface area (Å²) in [5, 5.41) is 3.05. The molecule has 2 aromatic carbocycles. The lowest BCUT2D eigenvalue weighted by molar-refractivity contribution is -0.927. The van der Waals surface area contributed by atoms with Crippen molar-refractivity contribution in [2.45, 2.75) is 25.8 Å². The van der Waals surface area contributed by atoms with Gasteiger partial charge in [-0.2, -0.15) is 0 Å². The topological polar surface area (TPSA) is 76.6 Å². The fraction of sp³-hybridized carbons (Fsp3) is 0.333. The minimum absolute atomic E-state index is 0.0208. The van der Waals surface area contributed by atoms with Crippen LogP contribution in [0.25, 0.3) is 0 Å². The Balaban J connectivity index is 1.79. The van der Waals surface area contributed by atoms with E-state index in [0.717, 1.165) is 42.7 Å². The summed E-state index contributed by atoms with van der Waals surface area (Å²) in [4.78, 5) is 25.7. The highest BCUT2D eigenvalue weighted by molar-refractivity contribution is 5.94. The Kier molecular flexibility index (Phi) is 5.68. The number of rotatable bonds is 5. The summed E-state index contributed by atoms with van der Waals surface area (Å²) < 4.78 is 0. The Morgan fingerprint density at radius 2 is 1.65 bits per heavy atom.